The Morgan fingerprint density at radius 3 is 2.47 bits per heavy atom. The van der Waals surface area contributed by atoms with Crippen LogP contribution >= 0.6 is 15.9 Å². The third-order valence-electron chi connectivity index (χ3n) is 2.49. The van der Waals surface area contributed by atoms with E-state index in [0.29, 0.717) is 5.69 Å². The second-order valence-electron chi connectivity index (χ2n) is 5.37. The maximum absolute atomic E-state index is 11.8. The van der Waals surface area contributed by atoms with E-state index < -0.39 is 5.60 Å². The van der Waals surface area contributed by atoms with Crippen molar-refractivity contribution in [2.45, 2.75) is 53.2 Å². The normalized spacial score (nSPS) is 11.5. The van der Waals surface area contributed by atoms with E-state index >= 15 is 0 Å². The summed E-state index contributed by atoms with van der Waals surface area (Å²) in [4.78, 5) is 27.3. The van der Waals surface area contributed by atoms with E-state index in [9.17, 15) is 9.59 Å². The van der Waals surface area contributed by atoms with Gasteiger partial charge in [-0.1, -0.05) is 0 Å². The zero-order valence-electron chi connectivity index (χ0n) is 11.9. The quantitative estimate of drug-likeness (QED) is 0.798. The lowest BCUT2D eigenvalue weighted by Crippen LogP contribution is -2.29. The maximum Gasteiger partial charge on any atom is 0.348 e. The van der Waals surface area contributed by atoms with Gasteiger partial charge in [0.25, 0.3) is 0 Å². The van der Waals surface area contributed by atoms with Gasteiger partial charge in [-0.3, -0.25) is 9.36 Å². The number of ether oxygens (including phenoxy) is 1. The number of aromatic nitrogens is 2. The van der Waals surface area contributed by atoms with Gasteiger partial charge in [0.15, 0.2) is 0 Å². The van der Waals surface area contributed by atoms with Crippen LogP contribution in [0.2, 0.25) is 0 Å². The van der Waals surface area contributed by atoms with Crippen molar-refractivity contribution in [1.29, 1.82) is 0 Å². The van der Waals surface area contributed by atoms with Crippen LogP contribution in [-0.4, -0.2) is 21.1 Å². The van der Waals surface area contributed by atoms with Crippen LogP contribution in [0.4, 0.5) is 0 Å². The number of carbonyl (C=O) groups excluding carboxylic acids is 1. The van der Waals surface area contributed by atoms with Gasteiger partial charge in [0.2, 0.25) is 0 Å². The zero-order chi connectivity index (χ0) is 14.8. The molecule has 5 nitrogen and oxygen atoms in total. The van der Waals surface area contributed by atoms with Crippen molar-refractivity contribution >= 4 is 21.9 Å². The fourth-order valence-electron chi connectivity index (χ4n) is 1.64. The summed E-state index contributed by atoms with van der Waals surface area (Å²) >= 11 is 3.38. The molecule has 1 rings (SSSR count). The highest BCUT2D eigenvalue weighted by Crippen LogP contribution is 2.17. The van der Waals surface area contributed by atoms with Gasteiger partial charge >= 0.3 is 11.7 Å². The first-order valence-corrected chi connectivity index (χ1v) is 6.86. The molecule has 0 unspecified atom stereocenters. The van der Waals surface area contributed by atoms with Crippen LogP contribution in [0.15, 0.2) is 9.27 Å². The summed E-state index contributed by atoms with van der Waals surface area (Å²) in [7, 11) is 0. The summed E-state index contributed by atoms with van der Waals surface area (Å²) in [6, 6.07) is 0. The summed E-state index contributed by atoms with van der Waals surface area (Å²) in [5.41, 5.74) is 0.558. The lowest BCUT2D eigenvalue weighted by molar-refractivity contribution is -0.155. The smallest absolute Gasteiger partial charge is 0.348 e. The van der Waals surface area contributed by atoms with E-state index in [1.807, 2.05) is 27.7 Å². The van der Waals surface area contributed by atoms with E-state index in [2.05, 4.69) is 20.9 Å². The number of esters is 1. The van der Waals surface area contributed by atoms with E-state index in [4.69, 9.17) is 4.74 Å². The molecule has 0 aliphatic carbocycles. The Morgan fingerprint density at radius 2 is 1.95 bits per heavy atom. The van der Waals surface area contributed by atoms with Gasteiger partial charge in [0.1, 0.15) is 5.60 Å². The summed E-state index contributed by atoms with van der Waals surface area (Å²) < 4.78 is 7.47. The highest BCUT2D eigenvalue weighted by atomic mass is 79.9. The fraction of sp³-hybridized carbons (Fsp3) is 0.615. The Balaban J connectivity index is 2.82. The van der Waals surface area contributed by atoms with Gasteiger partial charge in [-0.15, -0.1) is 0 Å². The number of rotatable bonds is 3. The van der Waals surface area contributed by atoms with E-state index in [0.717, 1.165) is 10.2 Å². The molecule has 0 fully saturated rings. The molecule has 0 saturated heterocycles. The topological polar surface area (TPSA) is 61.2 Å². The van der Waals surface area contributed by atoms with Gasteiger partial charge in [0, 0.05) is 12.2 Å². The van der Waals surface area contributed by atoms with Crippen LogP contribution in [0.5, 0.6) is 0 Å². The van der Waals surface area contributed by atoms with Gasteiger partial charge in [-0.25, -0.2) is 4.79 Å². The molecule has 6 heteroatoms. The third kappa shape index (κ3) is 4.45. The minimum absolute atomic E-state index is 0.148. The van der Waals surface area contributed by atoms with Crippen molar-refractivity contribution in [3.8, 4) is 0 Å². The summed E-state index contributed by atoms with van der Waals surface area (Å²) in [6.07, 6.45) is 0.148. The molecule has 0 atom stereocenters. The van der Waals surface area contributed by atoms with Crippen LogP contribution in [0.3, 0.4) is 0 Å². The lowest BCUT2D eigenvalue weighted by Gasteiger charge is -2.20. The van der Waals surface area contributed by atoms with Crippen molar-refractivity contribution in [1.82, 2.24) is 9.55 Å². The predicted octanol–water partition coefficient (Wildman–Crippen LogP) is 2.35. The first kappa shape index (κ1) is 15.9. The van der Waals surface area contributed by atoms with Crippen molar-refractivity contribution in [3.63, 3.8) is 0 Å². The van der Waals surface area contributed by atoms with Crippen LogP contribution in [0, 0.1) is 13.8 Å². The summed E-state index contributed by atoms with van der Waals surface area (Å²) in [6.45, 7) is 9.28. The first-order chi connectivity index (χ1) is 8.61. The molecule has 106 valence electrons. The molecule has 0 amide bonds. The molecule has 0 aliphatic rings. The van der Waals surface area contributed by atoms with Crippen molar-refractivity contribution < 1.29 is 9.53 Å². The van der Waals surface area contributed by atoms with Crippen molar-refractivity contribution in [3.05, 3.63) is 26.3 Å². The fourth-order valence-corrected chi connectivity index (χ4v) is 1.94. The first-order valence-electron chi connectivity index (χ1n) is 6.07. The molecule has 0 aromatic carbocycles. The van der Waals surface area contributed by atoms with Crippen LogP contribution < -0.4 is 5.69 Å². The van der Waals surface area contributed by atoms with E-state index in [1.165, 1.54) is 4.57 Å². The molecule has 0 aliphatic heterocycles. The second kappa shape index (κ2) is 5.86. The van der Waals surface area contributed by atoms with Gasteiger partial charge in [0.05, 0.1) is 16.6 Å². The Labute approximate surface area is 121 Å². The molecular weight excluding hydrogens is 312 g/mol. The molecule has 0 N–H and O–H groups in total. The standard InChI is InChI=1S/C13H19BrN2O3/c1-8-11(14)9(2)16(12(18)15-8)7-6-10(17)19-13(3,4)5/h6-7H2,1-5H3. The second-order valence-corrected chi connectivity index (χ2v) is 6.16. The van der Waals surface area contributed by atoms with Gasteiger partial charge < -0.3 is 4.74 Å². The van der Waals surface area contributed by atoms with Crippen LogP contribution in [0.1, 0.15) is 38.6 Å². The molecule has 1 heterocycles. The molecular formula is C13H19BrN2O3. The number of carbonyl (C=O) groups is 1. The third-order valence-corrected chi connectivity index (χ3v) is 3.64. The molecule has 19 heavy (non-hydrogen) atoms. The highest BCUT2D eigenvalue weighted by molar-refractivity contribution is 9.10. The minimum atomic E-state index is -0.511. The SMILES string of the molecule is Cc1nc(=O)n(CCC(=O)OC(C)(C)C)c(C)c1Br. The summed E-state index contributed by atoms with van der Waals surface area (Å²) in [5, 5.41) is 0. The number of aryl methyl sites for hydroxylation is 1. The number of halogens is 1. The molecule has 0 radical (unpaired) electrons. The minimum Gasteiger partial charge on any atom is -0.460 e. The number of hydrogen-bond acceptors (Lipinski definition) is 4. The average molecular weight is 331 g/mol. The predicted molar refractivity (Wildman–Crippen MR) is 76.1 cm³/mol. The molecule has 0 bridgehead atoms. The number of hydrogen-bond donors (Lipinski definition) is 0. The Morgan fingerprint density at radius 1 is 1.37 bits per heavy atom. The maximum atomic E-state index is 11.8. The average Bonchev–Trinajstić information content (AvgIpc) is 2.23. The Hall–Kier alpha value is -1.17. The van der Waals surface area contributed by atoms with E-state index in [1.54, 1.807) is 6.92 Å². The van der Waals surface area contributed by atoms with Crippen molar-refractivity contribution in [2.75, 3.05) is 0 Å². The number of nitrogens with zero attached hydrogens (tertiary/aromatic N) is 2. The molecule has 0 spiro atoms. The van der Waals surface area contributed by atoms with E-state index in [-0.39, 0.29) is 24.6 Å². The highest BCUT2D eigenvalue weighted by Gasteiger charge is 2.17. The molecule has 1 aromatic heterocycles. The molecule has 0 saturated carbocycles. The van der Waals surface area contributed by atoms with Crippen molar-refractivity contribution in [2.24, 2.45) is 0 Å². The zero-order valence-corrected chi connectivity index (χ0v) is 13.5. The largest absolute Gasteiger partial charge is 0.460 e. The van der Waals surface area contributed by atoms with Crippen LogP contribution in [0.25, 0.3) is 0 Å². The lowest BCUT2D eigenvalue weighted by atomic mass is 10.2. The molecule has 1 aromatic rings. The van der Waals surface area contributed by atoms with Crippen LogP contribution in [-0.2, 0) is 16.1 Å². The Bertz CT molecular complexity index is 544. The summed E-state index contributed by atoms with van der Waals surface area (Å²) in [5.74, 6) is -0.324. The van der Waals surface area contributed by atoms with Gasteiger partial charge in [-0.2, -0.15) is 4.98 Å². The van der Waals surface area contributed by atoms with Gasteiger partial charge in [-0.05, 0) is 50.5 Å². The monoisotopic (exact) mass is 330 g/mol. The Kier molecular flexibility index (Phi) is 4.90.